The molecule has 0 N–H and O–H groups in total. The third-order valence-electron chi connectivity index (χ3n) is 3.18. The number of para-hydroxylation sites is 1. The third kappa shape index (κ3) is 3.21. The van der Waals surface area contributed by atoms with Gasteiger partial charge in [-0.3, -0.25) is 4.98 Å². The molecule has 110 valence electrons. The second-order valence-electron chi connectivity index (χ2n) is 5.09. The number of hydrogen-bond acceptors (Lipinski definition) is 4. The van der Waals surface area contributed by atoms with E-state index in [1.807, 2.05) is 19.1 Å². The summed E-state index contributed by atoms with van der Waals surface area (Å²) in [5.41, 5.74) is 2.25. The molecule has 0 saturated carbocycles. The molecule has 4 heteroatoms. The van der Waals surface area contributed by atoms with E-state index in [4.69, 9.17) is 9.47 Å². The Hall–Kier alpha value is -2.36. The van der Waals surface area contributed by atoms with Gasteiger partial charge in [0, 0.05) is 6.20 Å². The number of aromatic nitrogens is 1. The largest absolute Gasteiger partial charge is 0.465 e. The smallest absolute Gasteiger partial charge is 0.341 e. The van der Waals surface area contributed by atoms with Gasteiger partial charge in [-0.2, -0.15) is 0 Å². The molecule has 0 aliphatic heterocycles. The summed E-state index contributed by atoms with van der Waals surface area (Å²) in [5.74, 6) is 0.981. The average Bonchev–Trinajstić information content (AvgIpc) is 2.48. The summed E-state index contributed by atoms with van der Waals surface area (Å²) < 4.78 is 10.8. The van der Waals surface area contributed by atoms with Crippen molar-refractivity contribution >= 4 is 5.97 Å². The number of rotatable bonds is 4. The number of esters is 1. The first kappa shape index (κ1) is 15.0. The third-order valence-corrected chi connectivity index (χ3v) is 3.18. The first-order valence-electron chi connectivity index (χ1n) is 6.85. The molecule has 0 unspecified atom stereocenters. The van der Waals surface area contributed by atoms with Gasteiger partial charge in [0.05, 0.1) is 12.8 Å². The predicted octanol–water partition coefficient (Wildman–Crippen LogP) is 4.09. The Bertz CT molecular complexity index is 650. The molecule has 0 radical (unpaired) electrons. The lowest BCUT2D eigenvalue weighted by atomic mass is 10.1. The number of aryl methyl sites for hydroxylation is 1. The van der Waals surface area contributed by atoms with Crippen LogP contribution in [0.4, 0.5) is 0 Å². The Labute approximate surface area is 124 Å². The van der Waals surface area contributed by atoms with Gasteiger partial charge >= 0.3 is 5.97 Å². The standard InChI is InChI=1S/C17H19NO3/c1-11(2)15-16(12(3)9-10-18-15)21-14-8-6-5-7-13(14)17(19)20-4/h5-11H,1-4H3. The van der Waals surface area contributed by atoms with Crippen LogP contribution in [-0.4, -0.2) is 18.1 Å². The molecule has 1 aromatic heterocycles. The van der Waals surface area contributed by atoms with Crippen LogP contribution in [0.3, 0.4) is 0 Å². The first-order valence-corrected chi connectivity index (χ1v) is 6.85. The zero-order chi connectivity index (χ0) is 15.4. The molecule has 0 fully saturated rings. The Morgan fingerprint density at radius 2 is 1.90 bits per heavy atom. The van der Waals surface area contributed by atoms with Crippen LogP contribution in [-0.2, 0) is 4.74 Å². The summed E-state index contributed by atoms with van der Waals surface area (Å²) in [5, 5.41) is 0. The van der Waals surface area contributed by atoms with E-state index in [0.717, 1.165) is 11.3 Å². The maximum absolute atomic E-state index is 11.8. The van der Waals surface area contributed by atoms with Gasteiger partial charge < -0.3 is 9.47 Å². The molecule has 1 aromatic carbocycles. The molecule has 2 rings (SSSR count). The van der Waals surface area contributed by atoms with Crippen molar-refractivity contribution in [3.05, 3.63) is 53.3 Å². The van der Waals surface area contributed by atoms with Crippen LogP contribution in [0, 0.1) is 6.92 Å². The van der Waals surface area contributed by atoms with Crippen molar-refractivity contribution in [3.8, 4) is 11.5 Å². The van der Waals surface area contributed by atoms with Gasteiger partial charge in [-0.15, -0.1) is 0 Å². The van der Waals surface area contributed by atoms with E-state index in [1.54, 1.807) is 24.4 Å². The number of hydrogen-bond donors (Lipinski definition) is 0. The van der Waals surface area contributed by atoms with E-state index in [-0.39, 0.29) is 5.92 Å². The minimum absolute atomic E-state index is 0.227. The monoisotopic (exact) mass is 285 g/mol. The predicted molar refractivity (Wildman–Crippen MR) is 80.9 cm³/mol. The molecule has 0 bridgehead atoms. The second kappa shape index (κ2) is 6.39. The van der Waals surface area contributed by atoms with Gasteiger partial charge in [0.2, 0.25) is 0 Å². The molecule has 0 atom stereocenters. The zero-order valence-electron chi connectivity index (χ0n) is 12.7. The first-order chi connectivity index (χ1) is 10.0. The zero-order valence-corrected chi connectivity index (χ0v) is 12.7. The van der Waals surface area contributed by atoms with Crippen LogP contribution in [0.25, 0.3) is 0 Å². The molecule has 1 heterocycles. The fourth-order valence-corrected chi connectivity index (χ4v) is 2.05. The maximum Gasteiger partial charge on any atom is 0.341 e. The SMILES string of the molecule is COC(=O)c1ccccc1Oc1c(C)ccnc1C(C)C. The van der Waals surface area contributed by atoms with Crippen molar-refractivity contribution in [3.63, 3.8) is 0 Å². The molecular formula is C17H19NO3. The van der Waals surface area contributed by atoms with Gasteiger partial charge in [-0.1, -0.05) is 26.0 Å². The van der Waals surface area contributed by atoms with Gasteiger partial charge in [-0.05, 0) is 36.6 Å². The van der Waals surface area contributed by atoms with Crippen LogP contribution in [0.5, 0.6) is 11.5 Å². The molecule has 0 amide bonds. The topological polar surface area (TPSA) is 48.4 Å². The fourth-order valence-electron chi connectivity index (χ4n) is 2.05. The van der Waals surface area contributed by atoms with Gasteiger partial charge in [0.1, 0.15) is 11.3 Å². The molecule has 0 saturated heterocycles. The maximum atomic E-state index is 11.8. The van der Waals surface area contributed by atoms with E-state index in [9.17, 15) is 4.79 Å². The minimum Gasteiger partial charge on any atom is -0.465 e. The van der Waals surface area contributed by atoms with Crippen molar-refractivity contribution in [1.29, 1.82) is 0 Å². The highest BCUT2D eigenvalue weighted by Gasteiger charge is 2.17. The molecule has 21 heavy (non-hydrogen) atoms. The van der Waals surface area contributed by atoms with E-state index < -0.39 is 5.97 Å². The fraction of sp³-hybridized carbons (Fsp3) is 0.294. The van der Waals surface area contributed by atoms with Gasteiger partial charge in [-0.25, -0.2) is 4.79 Å². The quantitative estimate of drug-likeness (QED) is 0.794. The Morgan fingerprint density at radius 1 is 1.19 bits per heavy atom. The Kier molecular flexibility index (Phi) is 4.58. The molecule has 0 aliphatic rings. The highest BCUT2D eigenvalue weighted by molar-refractivity contribution is 5.92. The van der Waals surface area contributed by atoms with E-state index in [0.29, 0.717) is 17.1 Å². The summed E-state index contributed by atoms with van der Waals surface area (Å²) in [7, 11) is 1.36. The molecule has 0 aliphatic carbocycles. The number of carbonyl (C=O) groups excluding carboxylic acids is 1. The molecule has 4 nitrogen and oxygen atoms in total. The lowest BCUT2D eigenvalue weighted by Gasteiger charge is -2.16. The normalized spacial score (nSPS) is 10.5. The second-order valence-corrected chi connectivity index (χ2v) is 5.09. The Balaban J connectivity index is 2.46. The Morgan fingerprint density at radius 3 is 2.57 bits per heavy atom. The number of nitrogens with zero attached hydrogens (tertiary/aromatic N) is 1. The van der Waals surface area contributed by atoms with Crippen molar-refractivity contribution < 1.29 is 14.3 Å². The van der Waals surface area contributed by atoms with Crippen molar-refractivity contribution in [2.45, 2.75) is 26.7 Å². The summed E-state index contributed by atoms with van der Waals surface area (Å²) in [6, 6.07) is 8.92. The van der Waals surface area contributed by atoms with Crippen LogP contribution in [0.2, 0.25) is 0 Å². The average molecular weight is 285 g/mol. The number of carbonyl (C=O) groups is 1. The van der Waals surface area contributed by atoms with Gasteiger partial charge in [0.25, 0.3) is 0 Å². The summed E-state index contributed by atoms with van der Waals surface area (Å²) in [4.78, 5) is 16.2. The summed E-state index contributed by atoms with van der Waals surface area (Å²) in [6.45, 7) is 6.07. The van der Waals surface area contributed by atoms with Crippen LogP contribution in [0.15, 0.2) is 36.5 Å². The number of benzene rings is 1. The minimum atomic E-state index is -0.418. The van der Waals surface area contributed by atoms with E-state index >= 15 is 0 Å². The highest BCUT2D eigenvalue weighted by Crippen LogP contribution is 2.33. The van der Waals surface area contributed by atoms with Gasteiger partial charge in [0.15, 0.2) is 5.75 Å². The lowest BCUT2D eigenvalue weighted by molar-refractivity contribution is 0.0598. The molecule has 2 aromatic rings. The van der Waals surface area contributed by atoms with Crippen LogP contribution in [0.1, 0.15) is 41.4 Å². The van der Waals surface area contributed by atoms with Crippen LogP contribution >= 0.6 is 0 Å². The van der Waals surface area contributed by atoms with Crippen molar-refractivity contribution in [2.75, 3.05) is 7.11 Å². The summed E-state index contributed by atoms with van der Waals surface area (Å²) >= 11 is 0. The van der Waals surface area contributed by atoms with E-state index in [1.165, 1.54) is 7.11 Å². The molecule has 0 spiro atoms. The number of methoxy groups -OCH3 is 1. The molecular weight excluding hydrogens is 266 g/mol. The number of pyridine rings is 1. The highest BCUT2D eigenvalue weighted by atomic mass is 16.5. The van der Waals surface area contributed by atoms with Crippen molar-refractivity contribution in [1.82, 2.24) is 4.98 Å². The number of ether oxygens (including phenoxy) is 2. The summed E-state index contributed by atoms with van der Waals surface area (Å²) in [6.07, 6.45) is 1.77. The lowest BCUT2D eigenvalue weighted by Crippen LogP contribution is -2.05. The van der Waals surface area contributed by atoms with Crippen LogP contribution < -0.4 is 4.74 Å². The van der Waals surface area contributed by atoms with E-state index in [2.05, 4.69) is 18.8 Å². The van der Waals surface area contributed by atoms with Crippen molar-refractivity contribution in [2.24, 2.45) is 0 Å².